The van der Waals surface area contributed by atoms with Gasteiger partial charge in [0.15, 0.2) is 5.16 Å². The topological polar surface area (TPSA) is 66.0 Å². The van der Waals surface area contributed by atoms with Crippen LogP contribution < -0.4 is 4.74 Å². The number of hydrogen-bond acceptors (Lipinski definition) is 6. The molecule has 0 amide bonds. The second-order valence-corrected chi connectivity index (χ2v) is 8.43. The number of halogens is 1. The predicted octanol–water partition coefficient (Wildman–Crippen LogP) is 5.88. The minimum atomic E-state index is -0.364. The average Bonchev–Trinajstić information content (AvgIpc) is 3.38. The number of methoxy groups -OCH3 is 1. The van der Waals surface area contributed by atoms with Crippen molar-refractivity contribution in [1.82, 2.24) is 19.5 Å². The van der Waals surface area contributed by atoms with Gasteiger partial charge in [-0.3, -0.25) is 4.98 Å². The third kappa shape index (κ3) is 4.34. The first-order chi connectivity index (χ1) is 16.1. The van der Waals surface area contributed by atoms with E-state index in [1.165, 1.54) is 6.07 Å². The van der Waals surface area contributed by atoms with E-state index in [1.54, 1.807) is 49.5 Å². The van der Waals surface area contributed by atoms with Crippen LogP contribution in [0.25, 0.3) is 22.5 Å². The van der Waals surface area contributed by atoms with E-state index < -0.39 is 0 Å². The van der Waals surface area contributed by atoms with E-state index in [0.717, 1.165) is 38.9 Å². The first-order valence-electron chi connectivity index (χ1n) is 10.4. The minimum absolute atomic E-state index is 0.272. The maximum atomic E-state index is 14.2. The van der Waals surface area contributed by atoms with Crippen LogP contribution in [0.4, 0.5) is 4.39 Å². The molecule has 0 spiro atoms. The van der Waals surface area contributed by atoms with Gasteiger partial charge in [-0.2, -0.15) is 0 Å². The number of thioether (sulfide) groups is 1. The molecule has 3 aromatic heterocycles. The molecule has 0 aliphatic rings. The highest BCUT2D eigenvalue weighted by Gasteiger charge is 2.18. The van der Waals surface area contributed by atoms with Gasteiger partial charge in [0.05, 0.1) is 36.4 Å². The summed E-state index contributed by atoms with van der Waals surface area (Å²) in [5.74, 6) is 2.10. The number of aryl methyl sites for hydroxylation is 1. The molecule has 8 heteroatoms. The quantitative estimate of drug-likeness (QED) is 0.283. The minimum Gasteiger partial charge on any atom is -0.497 e. The zero-order valence-electron chi connectivity index (χ0n) is 18.2. The molecule has 0 saturated carbocycles. The largest absolute Gasteiger partial charge is 0.497 e. The molecular formula is C25H21FN4O2S. The fourth-order valence-electron chi connectivity index (χ4n) is 3.60. The summed E-state index contributed by atoms with van der Waals surface area (Å²) in [5.41, 5.74) is 3.96. The molecule has 6 nitrogen and oxygen atoms in total. The van der Waals surface area contributed by atoms with E-state index in [-0.39, 0.29) is 11.7 Å². The molecule has 33 heavy (non-hydrogen) atoms. The second kappa shape index (κ2) is 9.07. The standard InChI is InChI=1S/C25H21FN4O2S/c1-16-22(28-24(32-16)19-8-3-4-9-20(19)26)14-30-23-13-27-11-10-21(23)29-25(30)33-15-17-6-5-7-18(12-17)31-2/h3-13H,14-15H2,1-2H3. The van der Waals surface area contributed by atoms with E-state index in [0.29, 0.717) is 17.9 Å². The first-order valence-corrected chi connectivity index (χ1v) is 11.4. The normalized spacial score (nSPS) is 11.2. The number of pyridine rings is 1. The second-order valence-electron chi connectivity index (χ2n) is 7.49. The number of nitrogens with zero attached hydrogens (tertiary/aromatic N) is 4. The highest BCUT2D eigenvalue weighted by Crippen LogP contribution is 2.30. The van der Waals surface area contributed by atoms with Crippen LogP contribution in [0.1, 0.15) is 17.0 Å². The van der Waals surface area contributed by atoms with Crippen molar-refractivity contribution in [2.45, 2.75) is 24.4 Å². The van der Waals surface area contributed by atoms with Gasteiger partial charge in [-0.25, -0.2) is 14.4 Å². The monoisotopic (exact) mass is 460 g/mol. The Hall–Kier alpha value is -3.65. The van der Waals surface area contributed by atoms with Gasteiger partial charge in [0, 0.05) is 11.9 Å². The predicted molar refractivity (Wildman–Crippen MR) is 126 cm³/mol. The third-order valence-corrected chi connectivity index (χ3v) is 6.37. The summed E-state index contributed by atoms with van der Waals surface area (Å²) in [6.07, 6.45) is 3.53. The van der Waals surface area contributed by atoms with Crippen LogP contribution in [-0.2, 0) is 12.3 Å². The number of benzene rings is 2. The Bertz CT molecular complexity index is 1430. The van der Waals surface area contributed by atoms with Crippen molar-refractivity contribution >= 4 is 22.8 Å². The lowest BCUT2D eigenvalue weighted by Gasteiger charge is -2.08. The van der Waals surface area contributed by atoms with Crippen LogP contribution in [0.5, 0.6) is 5.75 Å². The van der Waals surface area contributed by atoms with Crippen LogP contribution in [-0.4, -0.2) is 26.6 Å². The van der Waals surface area contributed by atoms with E-state index in [9.17, 15) is 4.39 Å². The zero-order chi connectivity index (χ0) is 22.8. The van der Waals surface area contributed by atoms with E-state index >= 15 is 0 Å². The summed E-state index contributed by atoms with van der Waals surface area (Å²) in [6, 6.07) is 16.3. The van der Waals surface area contributed by atoms with E-state index in [1.807, 2.05) is 31.2 Å². The Morgan fingerprint density at radius 1 is 1.09 bits per heavy atom. The molecule has 5 aromatic rings. The molecule has 3 heterocycles. The van der Waals surface area contributed by atoms with Crippen molar-refractivity contribution in [3.63, 3.8) is 0 Å². The lowest BCUT2D eigenvalue weighted by molar-refractivity contribution is 0.414. The Morgan fingerprint density at radius 2 is 1.97 bits per heavy atom. The van der Waals surface area contributed by atoms with Gasteiger partial charge in [0.1, 0.15) is 23.0 Å². The van der Waals surface area contributed by atoms with Crippen LogP contribution >= 0.6 is 11.8 Å². The molecule has 0 fully saturated rings. The number of rotatable bonds is 7. The third-order valence-electron chi connectivity index (χ3n) is 5.32. The van der Waals surface area contributed by atoms with E-state index in [2.05, 4.69) is 20.6 Å². The summed E-state index contributed by atoms with van der Waals surface area (Å²) in [5, 5.41) is 0.843. The number of hydrogen-bond donors (Lipinski definition) is 0. The van der Waals surface area contributed by atoms with Gasteiger partial charge in [0.2, 0.25) is 5.89 Å². The fourth-order valence-corrected chi connectivity index (χ4v) is 4.55. The fraction of sp³-hybridized carbons (Fsp3) is 0.160. The molecule has 0 bridgehead atoms. The number of oxazole rings is 1. The maximum Gasteiger partial charge on any atom is 0.229 e. The molecule has 0 saturated heterocycles. The maximum absolute atomic E-state index is 14.2. The van der Waals surface area contributed by atoms with Gasteiger partial charge in [-0.1, -0.05) is 36.0 Å². The van der Waals surface area contributed by atoms with Crippen molar-refractivity contribution in [2.75, 3.05) is 7.11 Å². The van der Waals surface area contributed by atoms with Gasteiger partial charge >= 0.3 is 0 Å². The SMILES string of the molecule is COc1cccc(CSc2nc3ccncc3n2Cc2nc(-c3ccccc3F)oc2C)c1. The lowest BCUT2D eigenvalue weighted by atomic mass is 10.2. The summed E-state index contributed by atoms with van der Waals surface area (Å²) >= 11 is 1.63. The van der Waals surface area contributed by atoms with Crippen LogP contribution in [0.3, 0.4) is 0 Å². The zero-order valence-corrected chi connectivity index (χ0v) is 19.0. The molecule has 0 aliphatic heterocycles. The Balaban J connectivity index is 1.47. The summed E-state index contributed by atoms with van der Waals surface area (Å²) in [7, 11) is 1.66. The lowest BCUT2D eigenvalue weighted by Crippen LogP contribution is -2.03. The Morgan fingerprint density at radius 3 is 2.82 bits per heavy atom. The van der Waals surface area contributed by atoms with Crippen LogP contribution in [0, 0.1) is 12.7 Å². The van der Waals surface area contributed by atoms with Crippen molar-refractivity contribution in [3.8, 4) is 17.2 Å². The molecule has 5 rings (SSSR count). The van der Waals surface area contributed by atoms with Gasteiger partial charge in [0.25, 0.3) is 0 Å². The summed E-state index contributed by atoms with van der Waals surface area (Å²) < 4.78 is 27.5. The Labute approximate surface area is 194 Å². The van der Waals surface area contributed by atoms with Crippen LogP contribution in [0.15, 0.2) is 76.6 Å². The smallest absolute Gasteiger partial charge is 0.229 e. The Kier molecular flexibility index (Phi) is 5.83. The van der Waals surface area contributed by atoms with Gasteiger partial charge in [-0.15, -0.1) is 0 Å². The van der Waals surface area contributed by atoms with Crippen molar-refractivity contribution in [2.24, 2.45) is 0 Å². The number of imidazole rings is 1. The van der Waals surface area contributed by atoms with Gasteiger partial charge in [-0.05, 0) is 42.8 Å². The molecular weight excluding hydrogens is 439 g/mol. The highest BCUT2D eigenvalue weighted by molar-refractivity contribution is 7.98. The molecule has 0 atom stereocenters. The molecule has 166 valence electrons. The number of ether oxygens (including phenoxy) is 1. The van der Waals surface area contributed by atoms with Crippen LogP contribution in [0.2, 0.25) is 0 Å². The van der Waals surface area contributed by atoms with E-state index in [4.69, 9.17) is 14.1 Å². The summed E-state index contributed by atoms with van der Waals surface area (Å²) in [6.45, 7) is 2.28. The first kappa shape index (κ1) is 21.2. The van der Waals surface area contributed by atoms with Crippen molar-refractivity contribution in [1.29, 1.82) is 0 Å². The highest BCUT2D eigenvalue weighted by atomic mass is 32.2. The molecule has 0 unspecified atom stereocenters. The summed E-state index contributed by atoms with van der Waals surface area (Å²) in [4.78, 5) is 13.7. The average molecular weight is 461 g/mol. The molecule has 0 aliphatic carbocycles. The molecule has 2 aromatic carbocycles. The van der Waals surface area contributed by atoms with Crippen molar-refractivity contribution < 1.29 is 13.5 Å². The van der Waals surface area contributed by atoms with Crippen molar-refractivity contribution in [3.05, 3.63) is 89.8 Å². The van der Waals surface area contributed by atoms with Gasteiger partial charge < -0.3 is 13.7 Å². The number of aromatic nitrogens is 4. The molecule has 0 radical (unpaired) electrons. The molecule has 0 N–H and O–H groups in total. The number of fused-ring (bicyclic) bond motifs is 1.